The normalized spacial score (nSPS) is 10.5. The molecule has 0 atom stereocenters. The highest BCUT2D eigenvalue weighted by molar-refractivity contribution is 5.94. The van der Waals surface area contributed by atoms with Crippen molar-refractivity contribution < 1.29 is 9.53 Å². The summed E-state index contributed by atoms with van der Waals surface area (Å²) in [5.41, 5.74) is 3.75. The molecule has 0 bridgehead atoms. The van der Waals surface area contributed by atoms with Crippen molar-refractivity contribution in [3.05, 3.63) is 114 Å². The van der Waals surface area contributed by atoms with Crippen LogP contribution in [-0.4, -0.2) is 20.7 Å². The van der Waals surface area contributed by atoms with Gasteiger partial charge in [-0.3, -0.25) is 14.5 Å². The van der Waals surface area contributed by atoms with E-state index in [1.807, 2.05) is 77.6 Å². The minimum Gasteiger partial charge on any atom is -0.489 e. The van der Waals surface area contributed by atoms with E-state index in [0.717, 1.165) is 22.4 Å². The molecule has 4 rings (SSSR count). The van der Waals surface area contributed by atoms with Gasteiger partial charge in [0.2, 0.25) is 0 Å². The lowest BCUT2D eigenvalue weighted by Crippen LogP contribution is -2.22. The lowest BCUT2D eigenvalue weighted by molar-refractivity contribution is 0.0951. The number of hydrogen-bond donors (Lipinski definition) is 1. The summed E-state index contributed by atoms with van der Waals surface area (Å²) in [7, 11) is 0. The Bertz CT molecular complexity index is 1060. The van der Waals surface area contributed by atoms with Gasteiger partial charge in [0, 0.05) is 42.5 Å². The molecular formula is C24H22N4O2. The third-order valence-corrected chi connectivity index (χ3v) is 4.62. The highest BCUT2D eigenvalue weighted by atomic mass is 16.5. The van der Waals surface area contributed by atoms with Crippen LogP contribution in [0.4, 0.5) is 0 Å². The molecule has 1 N–H and O–H groups in total. The molecule has 30 heavy (non-hydrogen) atoms. The largest absolute Gasteiger partial charge is 0.489 e. The van der Waals surface area contributed by atoms with Crippen LogP contribution in [0.1, 0.15) is 27.0 Å². The molecule has 0 spiro atoms. The van der Waals surface area contributed by atoms with E-state index in [1.54, 1.807) is 18.6 Å². The number of benzene rings is 2. The van der Waals surface area contributed by atoms with Gasteiger partial charge in [0.1, 0.15) is 12.4 Å². The summed E-state index contributed by atoms with van der Waals surface area (Å²) in [6, 6.07) is 21.0. The van der Waals surface area contributed by atoms with Crippen molar-refractivity contribution in [2.45, 2.75) is 19.7 Å². The van der Waals surface area contributed by atoms with Gasteiger partial charge in [0.25, 0.3) is 5.91 Å². The van der Waals surface area contributed by atoms with Crippen LogP contribution in [0.2, 0.25) is 0 Å². The number of amides is 1. The predicted octanol–water partition coefficient (Wildman–Crippen LogP) is 3.84. The number of pyridine rings is 1. The Balaban J connectivity index is 1.26. The van der Waals surface area contributed by atoms with Crippen molar-refractivity contribution in [3.63, 3.8) is 0 Å². The Labute approximate surface area is 175 Å². The number of carbonyl (C=O) groups excluding carboxylic acids is 1. The molecule has 0 unspecified atom stereocenters. The van der Waals surface area contributed by atoms with Gasteiger partial charge >= 0.3 is 0 Å². The zero-order chi connectivity index (χ0) is 20.6. The molecule has 0 fully saturated rings. The van der Waals surface area contributed by atoms with Gasteiger partial charge in [0.15, 0.2) is 0 Å². The van der Waals surface area contributed by atoms with E-state index in [2.05, 4.69) is 15.4 Å². The number of nitrogens with one attached hydrogen (secondary N) is 1. The number of ether oxygens (including phenoxy) is 1. The van der Waals surface area contributed by atoms with Gasteiger partial charge in [0.05, 0.1) is 6.54 Å². The van der Waals surface area contributed by atoms with E-state index in [4.69, 9.17) is 4.74 Å². The molecule has 2 heterocycles. The molecule has 0 aliphatic rings. The quantitative estimate of drug-likeness (QED) is 0.490. The highest BCUT2D eigenvalue weighted by Gasteiger charge is 2.06. The van der Waals surface area contributed by atoms with Gasteiger partial charge in [-0.2, -0.15) is 5.10 Å². The molecule has 0 aliphatic heterocycles. The summed E-state index contributed by atoms with van der Waals surface area (Å²) < 4.78 is 7.60. The molecule has 4 aromatic rings. The molecule has 0 radical (unpaired) electrons. The predicted molar refractivity (Wildman–Crippen MR) is 114 cm³/mol. The maximum atomic E-state index is 12.4. The Kier molecular flexibility index (Phi) is 6.15. The smallest absolute Gasteiger partial charge is 0.251 e. The Morgan fingerprint density at radius 1 is 0.900 bits per heavy atom. The third kappa shape index (κ3) is 5.32. The van der Waals surface area contributed by atoms with Gasteiger partial charge < -0.3 is 10.1 Å². The summed E-state index contributed by atoms with van der Waals surface area (Å²) in [6.45, 7) is 1.61. The monoisotopic (exact) mass is 398 g/mol. The van der Waals surface area contributed by atoms with Crippen LogP contribution in [0, 0.1) is 0 Å². The van der Waals surface area contributed by atoms with Crippen molar-refractivity contribution in [1.29, 1.82) is 0 Å². The lowest BCUT2D eigenvalue weighted by Gasteiger charge is -2.09. The average molecular weight is 398 g/mol. The number of hydrogen-bond acceptors (Lipinski definition) is 4. The van der Waals surface area contributed by atoms with Crippen LogP contribution in [0.15, 0.2) is 91.5 Å². The molecular weight excluding hydrogens is 376 g/mol. The van der Waals surface area contributed by atoms with Gasteiger partial charge in [-0.15, -0.1) is 0 Å². The van der Waals surface area contributed by atoms with Gasteiger partial charge in [-0.05, 0) is 47.5 Å². The first kappa shape index (κ1) is 19.4. The number of aromatic nitrogens is 3. The van der Waals surface area contributed by atoms with E-state index in [1.165, 1.54) is 0 Å². The van der Waals surface area contributed by atoms with Crippen LogP contribution < -0.4 is 10.1 Å². The van der Waals surface area contributed by atoms with Crippen LogP contribution in [0.5, 0.6) is 5.75 Å². The van der Waals surface area contributed by atoms with Crippen molar-refractivity contribution >= 4 is 5.91 Å². The highest BCUT2D eigenvalue weighted by Crippen LogP contribution is 2.14. The van der Waals surface area contributed by atoms with Crippen LogP contribution in [0.25, 0.3) is 0 Å². The van der Waals surface area contributed by atoms with Crippen molar-refractivity contribution in [3.8, 4) is 5.75 Å². The van der Waals surface area contributed by atoms with Crippen LogP contribution in [0.3, 0.4) is 0 Å². The third-order valence-electron chi connectivity index (χ3n) is 4.62. The number of nitrogens with zero attached hydrogens (tertiary/aromatic N) is 3. The Morgan fingerprint density at radius 3 is 2.40 bits per heavy atom. The molecule has 1 amide bonds. The fourth-order valence-corrected chi connectivity index (χ4v) is 2.98. The maximum absolute atomic E-state index is 12.4. The van der Waals surface area contributed by atoms with Gasteiger partial charge in [-0.25, -0.2) is 0 Å². The molecule has 0 saturated carbocycles. The van der Waals surface area contributed by atoms with Crippen molar-refractivity contribution in [2.75, 3.05) is 0 Å². The second-order valence-corrected chi connectivity index (χ2v) is 6.88. The molecule has 150 valence electrons. The molecule has 2 aromatic carbocycles. The fraction of sp³-hybridized carbons (Fsp3) is 0.125. The molecule has 0 aliphatic carbocycles. The zero-order valence-corrected chi connectivity index (χ0v) is 16.4. The summed E-state index contributed by atoms with van der Waals surface area (Å²) in [4.78, 5) is 16.5. The van der Waals surface area contributed by atoms with Gasteiger partial charge in [-0.1, -0.05) is 30.3 Å². The minimum atomic E-state index is -0.0995. The van der Waals surface area contributed by atoms with Crippen LogP contribution in [-0.2, 0) is 19.7 Å². The van der Waals surface area contributed by atoms with Crippen molar-refractivity contribution in [1.82, 2.24) is 20.1 Å². The van der Waals surface area contributed by atoms with E-state index in [9.17, 15) is 4.79 Å². The Hall–Kier alpha value is -3.93. The second kappa shape index (κ2) is 9.52. The SMILES string of the molecule is O=C(NCc1ccc(OCc2cccnc2)cc1)c1ccc(Cn2cccn2)cc1. The molecule has 0 saturated heterocycles. The van der Waals surface area contributed by atoms with E-state index >= 15 is 0 Å². The standard InChI is InChI=1S/C24H22N4O2/c29-24(22-8-4-20(5-9-22)17-28-14-2-13-27-28)26-16-19-6-10-23(11-7-19)30-18-21-3-1-12-25-15-21/h1-15H,16-18H2,(H,26,29). The lowest BCUT2D eigenvalue weighted by atomic mass is 10.1. The first-order valence-corrected chi connectivity index (χ1v) is 9.71. The van der Waals surface area contributed by atoms with Crippen LogP contribution >= 0.6 is 0 Å². The summed E-state index contributed by atoms with van der Waals surface area (Å²) in [6.07, 6.45) is 7.19. The Morgan fingerprint density at radius 2 is 1.70 bits per heavy atom. The molecule has 2 aromatic heterocycles. The second-order valence-electron chi connectivity index (χ2n) is 6.88. The summed E-state index contributed by atoms with van der Waals surface area (Å²) in [5.74, 6) is 0.680. The zero-order valence-electron chi connectivity index (χ0n) is 16.4. The molecule has 6 nitrogen and oxygen atoms in total. The fourth-order valence-electron chi connectivity index (χ4n) is 2.98. The topological polar surface area (TPSA) is 69.0 Å². The maximum Gasteiger partial charge on any atom is 0.251 e. The summed E-state index contributed by atoms with van der Waals surface area (Å²) in [5, 5.41) is 7.14. The first-order chi connectivity index (χ1) is 14.8. The number of carbonyl (C=O) groups is 1. The average Bonchev–Trinajstić information content (AvgIpc) is 3.31. The first-order valence-electron chi connectivity index (χ1n) is 9.71. The van der Waals surface area contributed by atoms with E-state index < -0.39 is 0 Å². The van der Waals surface area contributed by atoms with Crippen molar-refractivity contribution in [2.24, 2.45) is 0 Å². The van der Waals surface area contributed by atoms with E-state index in [0.29, 0.717) is 25.3 Å². The number of rotatable bonds is 8. The van der Waals surface area contributed by atoms with E-state index in [-0.39, 0.29) is 5.91 Å². The minimum absolute atomic E-state index is 0.0995. The molecule has 6 heteroatoms. The summed E-state index contributed by atoms with van der Waals surface area (Å²) >= 11 is 0.